The Morgan fingerprint density at radius 3 is 1.49 bits per heavy atom. The molecule has 200 valence electrons. The molecule has 2 aromatic carbocycles. The fourth-order valence-corrected chi connectivity index (χ4v) is 4.89. The van der Waals surface area contributed by atoms with Gasteiger partial charge in [-0.2, -0.15) is 0 Å². The van der Waals surface area contributed by atoms with Gasteiger partial charge >= 0.3 is 23.9 Å². The smallest absolute Gasteiger partial charge is 0.311 e. The molecule has 9 heteroatoms. The van der Waals surface area contributed by atoms with Crippen LogP contribution in [-0.2, 0) is 28.7 Å². The molecule has 0 saturated carbocycles. The zero-order chi connectivity index (χ0) is 27.9. The number of esters is 4. The van der Waals surface area contributed by atoms with E-state index in [1.165, 1.54) is 14.2 Å². The molecule has 2 rings (SSSR count). The molecule has 2 aromatic rings. The first-order valence-electron chi connectivity index (χ1n) is 11.8. The van der Waals surface area contributed by atoms with Gasteiger partial charge in [0.05, 0.1) is 39.9 Å². The first-order chi connectivity index (χ1) is 17.4. The van der Waals surface area contributed by atoms with Crippen molar-refractivity contribution < 1.29 is 38.1 Å². The average molecular weight is 531 g/mol. The molecular formula is C28H34O8S. The van der Waals surface area contributed by atoms with E-state index in [1.54, 1.807) is 25.6 Å². The molecule has 37 heavy (non-hydrogen) atoms. The van der Waals surface area contributed by atoms with Gasteiger partial charge in [0.2, 0.25) is 0 Å². The fourth-order valence-electron chi connectivity index (χ4n) is 3.59. The Morgan fingerprint density at radius 2 is 1.00 bits per heavy atom. The third kappa shape index (κ3) is 7.58. The van der Waals surface area contributed by atoms with E-state index in [0.717, 1.165) is 32.0 Å². The van der Waals surface area contributed by atoms with Crippen LogP contribution in [0.4, 0.5) is 0 Å². The van der Waals surface area contributed by atoms with Crippen molar-refractivity contribution in [2.24, 2.45) is 0 Å². The highest BCUT2D eigenvalue weighted by molar-refractivity contribution is 7.99. The number of methoxy groups -OCH3 is 2. The Hall–Kier alpha value is -3.33. The third-order valence-electron chi connectivity index (χ3n) is 6.16. The van der Waals surface area contributed by atoms with E-state index in [-0.39, 0.29) is 37.2 Å². The predicted molar refractivity (Wildman–Crippen MR) is 139 cm³/mol. The van der Waals surface area contributed by atoms with Crippen molar-refractivity contribution in [3.8, 4) is 11.5 Å². The van der Waals surface area contributed by atoms with Gasteiger partial charge in [-0.25, -0.2) is 0 Å². The van der Waals surface area contributed by atoms with E-state index in [9.17, 15) is 19.2 Å². The summed E-state index contributed by atoms with van der Waals surface area (Å²) in [6.07, 6.45) is -0.678. The second kappa shape index (κ2) is 13.3. The summed E-state index contributed by atoms with van der Waals surface area (Å²) in [4.78, 5) is 50.2. The topological polar surface area (TPSA) is 105 Å². The summed E-state index contributed by atoms with van der Waals surface area (Å²) in [6.45, 7) is 11.6. The van der Waals surface area contributed by atoms with Crippen LogP contribution >= 0.6 is 11.8 Å². The van der Waals surface area contributed by atoms with Crippen molar-refractivity contribution in [1.82, 2.24) is 0 Å². The largest absolute Gasteiger partial charge is 0.469 e. The molecular weight excluding hydrogens is 496 g/mol. The Bertz CT molecular complexity index is 1220. The van der Waals surface area contributed by atoms with Crippen LogP contribution in [0.3, 0.4) is 0 Å². The quantitative estimate of drug-likeness (QED) is 0.295. The van der Waals surface area contributed by atoms with Crippen LogP contribution in [0.25, 0.3) is 0 Å². The summed E-state index contributed by atoms with van der Waals surface area (Å²) in [7, 11) is 2.48. The highest BCUT2D eigenvalue weighted by Crippen LogP contribution is 2.47. The molecule has 0 bridgehead atoms. The Kier molecular flexibility index (Phi) is 10.7. The average Bonchev–Trinajstić information content (AvgIpc) is 2.88. The van der Waals surface area contributed by atoms with Gasteiger partial charge < -0.3 is 18.9 Å². The van der Waals surface area contributed by atoms with E-state index in [4.69, 9.17) is 9.47 Å². The number of carbonyl (C=O) groups is 4. The molecule has 0 amide bonds. The first kappa shape index (κ1) is 29.9. The molecule has 0 saturated heterocycles. The van der Waals surface area contributed by atoms with Crippen molar-refractivity contribution in [1.29, 1.82) is 0 Å². The number of carbonyl (C=O) groups excluding carboxylic acids is 4. The van der Waals surface area contributed by atoms with Crippen LogP contribution in [0.2, 0.25) is 0 Å². The summed E-state index contributed by atoms with van der Waals surface area (Å²) in [5.74, 6) is -2.18. The molecule has 0 aliphatic heterocycles. The predicted octanol–water partition coefficient (Wildman–Crippen LogP) is 5.41. The number of hydrogen-bond donors (Lipinski definition) is 0. The first-order valence-corrected chi connectivity index (χ1v) is 12.7. The van der Waals surface area contributed by atoms with Crippen LogP contribution in [0.5, 0.6) is 11.5 Å². The zero-order valence-electron chi connectivity index (χ0n) is 22.7. The molecule has 0 N–H and O–H groups in total. The van der Waals surface area contributed by atoms with E-state index in [2.05, 4.69) is 35.5 Å². The summed E-state index contributed by atoms with van der Waals surface area (Å²) < 4.78 is 20.5. The molecule has 0 fully saturated rings. The van der Waals surface area contributed by atoms with Gasteiger partial charge in [0.25, 0.3) is 0 Å². The molecule has 8 nitrogen and oxygen atoms in total. The van der Waals surface area contributed by atoms with E-state index in [0.29, 0.717) is 11.1 Å². The highest BCUT2D eigenvalue weighted by Gasteiger charge is 2.26. The third-order valence-corrected chi connectivity index (χ3v) is 7.81. The second-order valence-electron chi connectivity index (χ2n) is 8.72. The Labute approximate surface area is 222 Å². The van der Waals surface area contributed by atoms with Crippen molar-refractivity contribution in [3.63, 3.8) is 0 Å². The number of benzene rings is 2. The molecule has 0 aliphatic carbocycles. The van der Waals surface area contributed by atoms with Gasteiger partial charge in [0.1, 0.15) is 0 Å². The van der Waals surface area contributed by atoms with E-state index < -0.39 is 23.9 Å². The zero-order valence-corrected chi connectivity index (χ0v) is 23.5. The Morgan fingerprint density at radius 1 is 0.568 bits per heavy atom. The summed E-state index contributed by atoms with van der Waals surface area (Å²) in [5, 5.41) is 0. The minimum atomic E-state index is -0.664. The molecule has 0 aliphatic rings. The minimum absolute atomic E-state index is 0.106. The van der Waals surface area contributed by atoms with Crippen LogP contribution in [0.1, 0.15) is 59.1 Å². The minimum Gasteiger partial charge on any atom is -0.469 e. The van der Waals surface area contributed by atoms with Gasteiger partial charge in [-0.3, -0.25) is 19.2 Å². The van der Waals surface area contributed by atoms with Crippen molar-refractivity contribution in [3.05, 3.63) is 45.5 Å². The van der Waals surface area contributed by atoms with Crippen LogP contribution in [-0.4, -0.2) is 38.1 Å². The number of aryl methyl sites for hydroxylation is 2. The van der Waals surface area contributed by atoms with Crippen molar-refractivity contribution in [2.75, 3.05) is 14.2 Å². The van der Waals surface area contributed by atoms with Crippen LogP contribution in [0, 0.1) is 41.5 Å². The van der Waals surface area contributed by atoms with E-state index >= 15 is 0 Å². The normalized spacial score (nSPS) is 10.6. The molecule has 0 aromatic heterocycles. The molecule has 0 heterocycles. The summed E-state index contributed by atoms with van der Waals surface area (Å²) >= 11 is 1.56. The van der Waals surface area contributed by atoms with Gasteiger partial charge in [-0.05, 0) is 69.4 Å². The van der Waals surface area contributed by atoms with Crippen LogP contribution < -0.4 is 9.47 Å². The lowest BCUT2D eigenvalue weighted by Crippen LogP contribution is -2.16. The lowest BCUT2D eigenvalue weighted by atomic mass is 10.0. The number of ether oxygens (including phenoxy) is 4. The maximum Gasteiger partial charge on any atom is 0.311 e. The van der Waals surface area contributed by atoms with E-state index in [1.807, 2.05) is 13.8 Å². The summed E-state index contributed by atoms with van der Waals surface area (Å²) in [5.41, 5.74) is 5.53. The van der Waals surface area contributed by atoms with Gasteiger partial charge in [0, 0.05) is 15.4 Å². The fraction of sp³-hybridized carbons (Fsp3) is 0.429. The van der Waals surface area contributed by atoms with Crippen molar-refractivity contribution in [2.45, 2.75) is 77.0 Å². The molecule has 0 spiro atoms. The van der Waals surface area contributed by atoms with Gasteiger partial charge in [-0.1, -0.05) is 23.9 Å². The monoisotopic (exact) mass is 530 g/mol. The van der Waals surface area contributed by atoms with Crippen LogP contribution in [0.15, 0.2) is 21.9 Å². The lowest BCUT2D eigenvalue weighted by Gasteiger charge is -2.22. The molecule has 0 unspecified atom stereocenters. The lowest BCUT2D eigenvalue weighted by molar-refractivity contribution is -0.145. The molecule has 0 atom stereocenters. The summed E-state index contributed by atoms with van der Waals surface area (Å²) in [6, 6.07) is 4.14. The standard InChI is InChI=1S/C28H34O8S/c1-15-9-10-16(2)27(17(15)3)37-28-19(5)18(4)25(35-23(31)13-11-21(29)33-7)26(20(28)6)36-24(32)14-12-22(30)34-8/h9-10H,11-14H2,1-8H3. The Balaban J connectivity index is 2.55. The number of rotatable bonds is 10. The highest BCUT2D eigenvalue weighted by atomic mass is 32.2. The number of hydrogen-bond acceptors (Lipinski definition) is 9. The van der Waals surface area contributed by atoms with Crippen molar-refractivity contribution >= 4 is 35.6 Å². The maximum atomic E-state index is 12.7. The maximum absolute atomic E-state index is 12.7. The van der Waals surface area contributed by atoms with Gasteiger partial charge in [0.15, 0.2) is 11.5 Å². The SMILES string of the molecule is COC(=O)CCC(=O)Oc1c(C)c(C)c(Sc2c(C)ccc(C)c2C)c(C)c1OC(=O)CCC(=O)OC. The second-order valence-corrected chi connectivity index (χ2v) is 9.74. The van der Waals surface area contributed by atoms with Gasteiger partial charge in [-0.15, -0.1) is 0 Å². The molecule has 0 radical (unpaired) electrons.